The normalized spacial score (nSPS) is 24.8. The van der Waals surface area contributed by atoms with Crippen molar-refractivity contribution in [3.8, 4) is 0 Å². The van der Waals surface area contributed by atoms with Gasteiger partial charge in [-0.2, -0.15) is 0 Å². The first-order valence-electron chi connectivity index (χ1n) is 12.5. The number of hydrogen-bond donors (Lipinski definition) is 1. The van der Waals surface area contributed by atoms with Gasteiger partial charge in [-0.1, -0.05) is 62.8 Å². The number of amides is 1. The number of benzene rings is 1. The van der Waals surface area contributed by atoms with Gasteiger partial charge in [0.1, 0.15) is 0 Å². The van der Waals surface area contributed by atoms with Crippen LogP contribution in [-0.4, -0.2) is 22.1 Å². The Morgan fingerprint density at radius 3 is 1.94 bits per heavy atom. The number of hydrogen-bond acceptors (Lipinski definition) is 1. The van der Waals surface area contributed by atoms with Gasteiger partial charge >= 0.3 is 130 Å². The van der Waals surface area contributed by atoms with Crippen molar-refractivity contribution in [2.24, 2.45) is 11.8 Å². The van der Waals surface area contributed by atoms with Crippen LogP contribution in [0.2, 0.25) is 53.0 Å². The maximum absolute atomic E-state index is 12.5. The van der Waals surface area contributed by atoms with E-state index in [-0.39, 0.29) is 5.91 Å². The van der Waals surface area contributed by atoms with Crippen LogP contribution in [0.3, 0.4) is 0 Å². The summed E-state index contributed by atoms with van der Waals surface area (Å²) in [4.78, 5) is 12.5. The molecule has 4 rings (SSSR count). The second kappa shape index (κ2) is 10.2. The van der Waals surface area contributed by atoms with Crippen molar-refractivity contribution in [3.63, 3.8) is 0 Å². The molecule has 1 saturated heterocycles. The van der Waals surface area contributed by atoms with Crippen LogP contribution in [0, 0.1) is 11.8 Å². The van der Waals surface area contributed by atoms with Crippen molar-refractivity contribution in [2.75, 3.05) is 0 Å². The quantitative estimate of drug-likeness (QED) is 0.302. The van der Waals surface area contributed by atoms with Crippen LogP contribution >= 0.6 is 0 Å². The SMILES string of the molecule is C=C(C(=C)[Si](C)(C)C)[Si](C)(C)C.O=C([NH][Ti]1([CH]2CCC3C=CC=CC32)[CH2][CH2]1)c1ccccc1. The molecule has 5 heteroatoms. The summed E-state index contributed by atoms with van der Waals surface area (Å²) >= 11 is -2.12. The number of allylic oxidation sites excluding steroid dienone is 6. The van der Waals surface area contributed by atoms with Crippen molar-refractivity contribution in [1.29, 1.82) is 0 Å². The number of carbonyl (C=O) groups excluding carboxylic acids is 1. The molecule has 1 saturated carbocycles. The van der Waals surface area contributed by atoms with Gasteiger partial charge < -0.3 is 0 Å². The Labute approximate surface area is 208 Å². The second-order valence-electron chi connectivity index (χ2n) is 12.1. The molecule has 0 aromatic heterocycles. The summed E-state index contributed by atoms with van der Waals surface area (Å²) in [5.74, 6) is 1.61. The van der Waals surface area contributed by atoms with E-state index in [1.807, 2.05) is 30.3 Å². The van der Waals surface area contributed by atoms with Crippen molar-refractivity contribution >= 4 is 22.1 Å². The number of carbonyl (C=O) groups is 1. The van der Waals surface area contributed by atoms with E-state index in [1.165, 1.54) is 32.7 Å². The molecule has 2 aliphatic carbocycles. The summed E-state index contributed by atoms with van der Waals surface area (Å²) in [5.41, 5.74) is 0.822. The molecule has 178 valence electrons. The summed E-state index contributed by atoms with van der Waals surface area (Å²) in [6.45, 7) is 22.4. The van der Waals surface area contributed by atoms with Crippen molar-refractivity contribution < 1.29 is 21.6 Å². The summed E-state index contributed by atoms with van der Waals surface area (Å²) in [6, 6.07) is 9.71. The Balaban J connectivity index is 0.000000221. The topological polar surface area (TPSA) is 29.1 Å². The molecule has 2 fully saturated rings. The zero-order valence-electron chi connectivity index (χ0n) is 21.6. The van der Waals surface area contributed by atoms with Crippen LogP contribution in [0.4, 0.5) is 0 Å². The third kappa shape index (κ3) is 6.48. The Hall–Kier alpha value is -1.20. The molecule has 1 amide bonds. The predicted octanol–water partition coefficient (Wildman–Crippen LogP) is 8.13. The van der Waals surface area contributed by atoms with Gasteiger partial charge in [-0.3, -0.25) is 0 Å². The molecule has 1 aromatic rings. The third-order valence-corrected chi connectivity index (χ3v) is 19.0. The van der Waals surface area contributed by atoms with Gasteiger partial charge in [0, 0.05) is 0 Å². The van der Waals surface area contributed by atoms with Gasteiger partial charge in [0.05, 0.1) is 16.1 Å². The summed E-state index contributed by atoms with van der Waals surface area (Å²) in [6.07, 6.45) is 11.8. The van der Waals surface area contributed by atoms with E-state index in [0.29, 0.717) is 5.92 Å². The minimum atomic E-state index is -2.12. The van der Waals surface area contributed by atoms with Crippen LogP contribution in [0.5, 0.6) is 0 Å². The molecule has 1 aliphatic heterocycles. The van der Waals surface area contributed by atoms with Crippen LogP contribution in [0.25, 0.3) is 0 Å². The third-order valence-electron chi connectivity index (χ3n) is 7.64. The molecule has 3 aliphatic rings. The first-order valence-corrected chi connectivity index (χ1v) is 23.4. The Bertz CT molecular complexity index is 924. The van der Waals surface area contributed by atoms with E-state index < -0.39 is 33.0 Å². The molecule has 0 radical (unpaired) electrons. The zero-order chi connectivity index (χ0) is 24.4. The maximum atomic E-state index is 12.5. The fraction of sp³-hybridized carbons (Fsp3) is 0.464. The van der Waals surface area contributed by atoms with Crippen molar-refractivity contribution in [1.82, 2.24) is 3.80 Å². The van der Waals surface area contributed by atoms with Gasteiger partial charge in [-0.05, 0) is 0 Å². The van der Waals surface area contributed by atoms with Crippen LogP contribution < -0.4 is 3.80 Å². The first-order chi connectivity index (χ1) is 15.3. The monoisotopic (exact) mass is 513 g/mol. The number of rotatable bonds is 6. The molecule has 0 spiro atoms. The summed E-state index contributed by atoms with van der Waals surface area (Å²) in [5, 5.41) is 2.73. The zero-order valence-corrected chi connectivity index (χ0v) is 25.1. The molecule has 1 aromatic carbocycles. The summed E-state index contributed by atoms with van der Waals surface area (Å²) < 4.78 is 6.99. The second-order valence-corrected chi connectivity index (χ2v) is 29.1. The molecule has 0 bridgehead atoms. The molecule has 1 N–H and O–H groups in total. The van der Waals surface area contributed by atoms with Crippen LogP contribution in [0.1, 0.15) is 23.2 Å². The number of nitrogens with one attached hydrogen (secondary N) is 1. The van der Waals surface area contributed by atoms with E-state index >= 15 is 0 Å². The van der Waals surface area contributed by atoms with E-state index in [4.69, 9.17) is 0 Å². The molecule has 2 nitrogen and oxygen atoms in total. The van der Waals surface area contributed by atoms with Crippen LogP contribution in [0.15, 0.2) is 78.2 Å². The number of fused-ring (bicyclic) bond motifs is 1. The molecular formula is C28H43NOSi2Ti. The van der Waals surface area contributed by atoms with Gasteiger partial charge in [0.15, 0.2) is 0 Å². The first kappa shape index (κ1) is 26.4. The van der Waals surface area contributed by atoms with Gasteiger partial charge in [0.25, 0.3) is 0 Å². The van der Waals surface area contributed by atoms with E-state index in [9.17, 15) is 4.79 Å². The fourth-order valence-corrected chi connectivity index (χ4v) is 16.9. The summed E-state index contributed by atoms with van der Waals surface area (Å²) in [7, 11) is -2.39. The van der Waals surface area contributed by atoms with Crippen LogP contribution in [-0.2, 0) is 16.8 Å². The van der Waals surface area contributed by atoms with Crippen molar-refractivity contribution in [2.45, 2.75) is 65.8 Å². The Morgan fingerprint density at radius 2 is 1.42 bits per heavy atom. The molecule has 33 heavy (non-hydrogen) atoms. The minimum absolute atomic E-state index is 0.173. The Morgan fingerprint density at radius 1 is 0.879 bits per heavy atom. The van der Waals surface area contributed by atoms with Gasteiger partial charge in [-0.15, -0.1) is 0 Å². The van der Waals surface area contributed by atoms with Gasteiger partial charge in [-0.25, -0.2) is 0 Å². The molecule has 3 atom stereocenters. The van der Waals surface area contributed by atoms with E-state index in [1.54, 1.807) is 0 Å². The van der Waals surface area contributed by atoms with E-state index in [0.717, 1.165) is 15.7 Å². The predicted molar refractivity (Wildman–Crippen MR) is 147 cm³/mol. The van der Waals surface area contributed by atoms with E-state index in [2.05, 4.69) is 80.5 Å². The standard InChI is InChI=1S/C10H22Si2.C9H11.C7H7NO.C2H4.Ti/c1-9(11(3,4)5)10(2)12(6,7)8;1-2-5-9-7-3-6-8(9)4-1;8-7(9)6-4-2-1-3-5-6;1-2;/h1-2H2,3-8H3;1-2,4-6,8-9H,3,7H2;1-5H,(H2,8,9);1-2H2;/q;;;;+1/p-1. The average molecular weight is 514 g/mol. The van der Waals surface area contributed by atoms with Crippen molar-refractivity contribution in [3.05, 3.63) is 83.7 Å². The Kier molecular flexibility index (Phi) is 8.15. The average Bonchev–Trinajstić information content (AvgIpc) is 3.40. The molecule has 3 unspecified atom stereocenters. The molecule has 1 heterocycles. The molecular weight excluding hydrogens is 470 g/mol. The fourth-order valence-electron chi connectivity index (χ4n) is 5.12. The van der Waals surface area contributed by atoms with Gasteiger partial charge in [0.2, 0.25) is 0 Å².